The van der Waals surface area contributed by atoms with Gasteiger partial charge in [0.2, 0.25) is 0 Å². The molecular weight excluding hydrogens is 336 g/mol. The number of halogens is 1. The average Bonchev–Trinajstić information content (AvgIpc) is 2.92. The van der Waals surface area contributed by atoms with E-state index in [1.54, 1.807) is 12.3 Å². The van der Waals surface area contributed by atoms with Gasteiger partial charge in [-0.3, -0.25) is 4.98 Å². The Hall–Kier alpha value is -1.96. The molecule has 8 heteroatoms. The quantitative estimate of drug-likeness (QED) is 0.786. The summed E-state index contributed by atoms with van der Waals surface area (Å²) in [6, 6.07) is 8.59. The fourth-order valence-corrected chi connectivity index (χ4v) is 3.48. The van der Waals surface area contributed by atoms with Crippen LogP contribution in [0, 0.1) is 0 Å². The largest absolute Gasteiger partial charge is 0.255 e. The van der Waals surface area contributed by atoms with Gasteiger partial charge in [-0.25, -0.2) is 18.2 Å². The zero-order valence-electron chi connectivity index (χ0n) is 12.6. The van der Waals surface area contributed by atoms with Gasteiger partial charge in [0, 0.05) is 29.3 Å². The van der Waals surface area contributed by atoms with Crippen LogP contribution in [0.15, 0.2) is 41.6 Å². The van der Waals surface area contributed by atoms with Gasteiger partial charge in [0.15, 0.2) is 5.03 Å². The monoisotopic (exact) mass is 350 g/mol. The third-order valence-electron chi connectivity index (χ3n) is 3.46. The van der Waals surface area contributed by atoms with Crippen molar-refractivity contribution in [2.24, 2.45) is 5.14 Å². The standard InChI is InChI=1S/C15H15ClN4O2S/c1-9(2)20-13(23(17,21)22)8-12(19-20)14-11(16)6-5-10-4-3-7-18-15(10)14/h3-9H,1-2H3,(H2,17,21,22). The molecule has 120 valence electrons. The first kappa shape index (κ1) is 15.9. The fourth-order valence-electron chi connectivity index (χ4n) is 2.45. The first-order valence-corrected chi connectivity index (χ1v) is 8.87. The third-order valence-corrected chi connectivity index (χ3v) is 4.66. The lowest BCUT2D eigenvalue weighted by molar-refractivity contribution is 0.480. The van der Waals surface area contributed by atoms with Gasteiger partial charge >= 0.3 is 0 Å². The zero-order chi connectivity index (χ0) is 16.8. The number of fused-ring (bicyclic) bond motifs is 1. The second-order valence-corrected chi connectivity index (χ2v) is 7.36. The maximum absolute atomic E-state index is 11.8. The predicted molar refractivity (Wildman–Crippen MR) is 89.7 cm³/mol. The van der Waals surface area contributed by atoms with Crippen molar-refractivity contribution in [2.75, 3.05) is 0 Å². The van der Waals surface area contributed by atoms with E-state index >= 15 is 0 Å². The predicted octanol–water partition coefficient (Wildman–Crippen LogP) is 2.98. The topological polar surface area (TPSA) is 90.9 Å². The van der Waals surface area contributed by atoms with Gasteiger partial charge in [0.05, 0.1) is 16.2 Å². The SMILES string of the molecule is CC(C)n1nc(-c2c(Cl)ccc3cccnc23)cc1S(N)(=O)=O. The van der Waals surface area contributed by atoms with Crippen molar-refractivity contribution in [1.29, 1.82) is 0 Å². The maximum Gasteiger partial charge on any atom is 0.255 e. The Morgan fingerprint density at radius 2 is 2.00 bits per heavy atom. The number of hydrogen-bond donors (Lipinski definition) is 1. The van der Waals surface area contributed by atoms with Crippen molar-refractivity contribution in [3.05, 3.63) is 41.6 Å². The van der Waals surface area contributed by atoms with Gasteiger partial charge < -0.3 is 0 Å². The lowest BCUT2D eigenvalue weighted by atomic mass is 10.1. The molecule has 3 rings (SSSR count). The number of rotatable bonds is 3. The molecule has 0 radical (unpaired) electrons. The minimum absolute atomic E-state index is 0.0495. The van der Waals surface area contributed by atoms with Crippen molar-refractivity contribution in [3.8, 4) is 11.3 Å². The van der Waals surface area contributed by atoms with Crippen LogP contribution < -0.4 is 5.14 Å². The number of hydrogen-bond acceptors (Lipinski definition) is 4. The summed E-state index contributed by atoms with van der Waals surface area (Å²) in [5.74, 6) is 0. The van der Waals surface area contributed by atoms with Crippen LogP contribution in [-0.2, 0) is 10.0 Å². The lowest BCUT2D eigenvalue weighted by Gasteiger charge is -2.09. The second-order valence-electron chi connectivity index (χ2n) is 5.45. The summed E-state index contributed by atoms with van der Waals surface area (Å²) < 4.78 is 25.0. The minimum Gasteiger partial charge on any atom is -0.255 e. The molecule has 3 aromatic rings. The number of sulfonamides is 1. The molecule has 2 N–H and O–H groups in total. The van der Waals surface area contributed by atoms with Crippen LogP contribution in [0.2, 0.25) is 5.02 Å². The highest BCUT2D eigenvalue weighted by molar-refractivity contribution is 7.89. The number of pyridine rings is 1. The van der Waals surface area contributed by atoms with E-state index in [-0.39, 0.29) is 11.1 Å². The highest BCUT2D eigenvalue weighted by Crippen LogP contribution is 2.34. The Bertz CT molecular complexity index is 996. The molecule has 0 unspecified atom stereocenters. The second kappa shape index (κ2) is 5.59. The van der Waals surface area contributed by atoms with E-state index in [2.05, 4.69) is 10.1 Å². The molecule has 0 aliphatic rings. The smallest absolute Gasteiger partial charge is 0.255 e. The highest BCUT2D eigenvalue weighted by atomic mass is 35.5. The highest BCUT2D eigenvalue weighted by Gasteiger charge is 2.22. The van der Waals surface area contributed by atoms with E-state index in [0.717, 1.165) is 5.39 Å². The summed E-state index contributed by atoms with van der Waals surface area (Å²) in [6.07, 6.45) is 1.65. The van der Waals surface area contributed by atoms with Crippen molar-refractivity contribution in [2.45, 2.75) is 24.9 Å². The molecule has 0 spiro atoms. The molecular formula is C15H15ClN4O2S. The van der Waals surface area contributed by atoms with Gasteiger partial charge in [0.1, 0.15) is 0 Å². The lowest BCUT2D eigenvalue weighted by Crippen LogP contribution is -2.19. The summed E-state index contributed by atoms with van der Waals surface area (Å²) in [4.78, 5) is 4.35. The molecule has 0 fully saturated rings. The van der Waals surface area contributed by atoms with Crippen LogP contribution in [0.5, 0.6) is 0 Å². The third kappa shape index (κ3) is 2.83. The Morgan fingerprint density at radius 3 is 2.61 bits per heavy atom. The van der Waals surface area contributed by atoms with E-state index in [9.17, 15) is 8.42 Å². The number of aromatic nitrogens is 3. The Kier molecular flexibility index (Phi) is 3.87. The van der Waals surface area contributed by atoms with Crippen molar-refractivity contribution >= 4 is 32.5 Å². The molecule has 0 aliphatic heterocycles. The van der Waals surface area contributed by atoms with Crippen LogP contribution in [0.25, 0.3) is 22.2 Å². The zero-order valence-corrected chi connectivity index (χ0v) is 14.1. The van der Waals surface area contributed by atoms with Crippen LogP contribution in [0.4, 0.5) is 0 Å². The van der Waals surface area contributed by atoms with E-state index in [4.69, 9.17) is 16.7 Å². The summed E-state index contributed by atoms with van der Waals surface area (Å²) in [6.45, 7) is 3.66. The summed E-state index contributed by atoms with van der Waals surface area (Å²) in [7, 11) is -3.89. The molecule has 1 aromatic carbocycles. The maximum atomic E-state index is 11.8. The van der Waals surface area contributed by atoms with Crippen LogP contribution >= 0.6 is 11.6 Å². The van der Waals surface area contributed by atoms with Gasteiger partial charge in [-0.2, -0.15) is 5.10 Å². The molecule has 0 bridgehead atoms. The first-order chi connectivity index (χ1) is 10.8. The van der Waals surface area contributed by atoms with Crippen LogP contribution in [0.3, 0.4) is 0 Å². The van der Waals surface area contributed by atoms with E-state index < -0.39 is 10.0 Å². The molecule has 0 saturated carbocycles. The molecule has 0 aliphatic carbocycles. The molecule has 0 amide bonds. The summed E-state index contributed by atoms with van der Waals surface area (Å²) >= 11 is 6.32. The van der Waals surface area contributed by atoms with Gasteiger partial charge in [0.25, 0.3) is 10.0 Å². The van der Waals surface area contributed by atoms with Crippen molar-refractivity contribution in [1.82, 2.24) is 14.8 Å². The van der Waals surface area contributed by atoms with Crippen LogP contribution in [-0.4, -0.2) is 23.2 Å². The van der Waals surface area contributed by atoms with E-state index in [0.29, 0.717) is 21.8 Å². The van der Waals surface area contributed by atoms with Crippen molar-refractivity contribution < 1.29 is 8.42 Å². The first-order valence-electron chi connectivity index (χ1n) is 6.95. The number of primary sulfonamides is 1. The normalized spacial score (nSPS) is 12.2. The number of benzene rings is 1. The Labute approximate surface area is 138 Å². The Morgan fingerprint density at radius 1 is 1.26 bits per heavy atom. The number of nitrogens with zero attached hydrogens (tertiary/aromatic N) is 3. The van der Waals surface area contributed by atoms with Gasteiger partial charge in [-0.15, -0.1) is 0 Å². The van der Waals surface area contributed by atoms with Gasteiger partial charge in [-0.1, -0.05) is 23.7 Å². The van der Waals surface area contributed by atoms with E-state index in [1.807, 2.05) is 32.0 Å². The number of nitrogens with two attached hydrogens (primary N) is 1. The molecule has 23 heavy (non-hydrogen) atoms. The fraction of sp³-hybridized carbons (Fsp3) is 0.200. The molecule has 2 aromatic heterocycles. The summed E-state index contributed by atoms with van der Waals surface area (Å²) in [5.41, 5.74) is 1.68. The Balaban J connectivity index is 2.34. The van der Waals surface area contributed by atoms with Crippen LogP contribution in [0.1, 0.15) is 19.9 Å². The molecule has 2 heterocycles. The molecule has 0 saturated heterocycles. The van der Waals surface area contributed by atoms with Crippen molar-refractivity contribution in [3.63, 3.8) is 0 Å². The minimum atomic E-state index is -3.89. The van der Waals surface area contributed by atoms with E-state index in [1.165, 1.54) is 10.7 Å². The molecule has 0 atom stereocenters. The summed E-state index contributed by atoms with van der Waals surface area (Å²) in [5, 5.41) is 11.0. The average molecular weight is 351 g/mol. The molecule has 6 nitrogen and oxygen atoms in total. The van der Waals surface area contributed by atoms with Gasteiger partial charge in [-0.05, 0) is 26.0 Å².